The van der Waals surface area contributed by atoms with E-state index in [-0.39, 0.29) is 17.2 Å². The third kappa shape index (κ3) is 5.30. The Bertz CT molecular complexity index is 555. The molecule has 0 aromatic carbocycles. The van der Waals surface area contributed by atoms with E-state index in [1.807, 2.05) is 0 Å². The van der Waals surface area contributed by atoms with Crippen LogP contribution < -0.4 is 5.32 Å². The molecule has 2 N–H and O–H groups in total. The van der Waals surface area contributed by atoms with Crippen LogP contribution in [0.1, 0.15) is 39.4 Å². The van der Waals surface area contributed by atoms with E-state index >= 15 is 0 Å². The van der Waals surface area contributed by atoms with Crippen molar-refractivity contribution in [3.63, 3.8) is 0 Å². The zero-order chi connectivity index (χ0) is 16.7. The van der Waals surface area contributed by atoms with Crippen LogP contribution in [0.4, 0.5) is 0 Å². The first-order valence-corrected chi connectivity index (χ1v) is 7.72. The molecular formula is C16H22N2O5. The van der Waals surface area contributed by atoms with Crippen molar-refractivity contribution in [2.45, 2.75) is 19.8 Å². The Labute approximate surface area is 135 Å². The van der Waals surface area contributed by atoms with E-state index in [0.29, 0.717) is 37.8 Å². The lowest BCUT2D eigenvalue weighted by Crippen LogP contribution is -2.26. The number of aromatic carboxylic acids is 1. The smallest absolute Gasteiger partial charge is 0.337 e. The number of carboxylic acid groups (broad SMARTS) is 1. The molecule has 0 aliphatic carbocycles. The van der Waals surface area contributed by atoms with Crippen molar-refractivity contribution >= 4 is 11.9 Å². The summed E-state index contributed by atoms with van der Waals surface area (Å²) in [5.41, 5.74) is 0.648. The van der Waals surface area contributed by atoms with Crippen molar-refractivity contribution in [3.8, 4) is 0 Å². The fourth-order valence-corrected chi connectivity index (χ4v) is 2.35. The van der Waals surface area contributed by atoms with Gasteiger partial charge in [-0.05, 0) is 31.9 Å². The molecule has 2 rings (SSSR count). The third-order valence-corrected chi connectivity index (χ3v) is 3.68. The second-order valence-electron chi connectivity index (χ2n) is 5.55. The largest absolute Gasteiger partial charge is 0.478 e. The number of nitrogens with zero attached hydrogens (tertiary/aromatic N) is 1. The number of nitrogens with one attached hydrogen (secondary N) is 1. The van der Waals surface area contributed by atoms with Crippen LogP contribution >= 0.6 is 0 Å². The zero-order valence-electron chi connectivity index (χ0n) is 13.2. The molecule has 2 heterocycles. The van der Waals surface area contributed by atoms with Crippen LogP contribution in [0.3, 0.4) is 0 Å². The maximum absolute atomic E-state index is 11.9. The van der Waals surface area contributed by atoms with Crippen molar-refractivity contribution in [2.24, 2.45) is 5.92 Å². The molecule has 1 aliphatic heterocycles. The molecule has 126 valence electrons. The quantitative estimate of drug-likeness (QED) is 0.699. The summed E-state index contributed by atoms with van der Waals surface area (Å²) < 4.78 is 10.8. The summed E-state index contributed by atoms with van der Waals surface area (Å²) in [6, 6.07) is 2.81. The van der Waals surface area contributed by atoms with Gasteiger partial charge < -0.3 is 19.9 Å². The van der Waals surface area contributed by atoms with Gasteiger partial charge in [-0.25, -0.2) is 9.78 Å². The fraction of sp³-hybridized carbons (Fsp3) is 0.562. The van der Waals surface area contributed by atoms with Gasteiger partial charge in [0, 0.05) is 25.7 Å². The molecule has 1 aromatic heterocycles. The Morgan fingerprint density at radius 1 is 1.48 bits per heavy atom. The Balaban J connectivity index is 1.66. The van der Waals surface area contributed by atoms with E-state index in [4.69, 9.17) is 14.6 Å². The molecule has 1 unspecified atom stereocenters. The van der Waals surface area contributed by atoms with Gasteiger partial charge in [0.1, 0.15) is 5.69 Å². The average molecular weight is 322 g/mol. The topological polar surface area (TPSA) is 97.8 Å². The van der Waals surface area contributed by atoms with E-state index < -0.39 is 5.97 Å². The minimum absolute atomic E-state index is 0.103. The molecule has 0 spiro atoms. The van der Waals surface area contributed by atoms with Crippen molar-refractivity contribution in [1.82, 2.24) is 10.3 Å². The Hall–Kier alpha value is -1.99. The van der Waals surface area contributed by atoms with Crippen LogP contribution in [0.25, 0.3) is 0 Å². The highest BCUT2D eigenvalue weighted by Crippen LogP contribution is 2.12. The number of carbonyl (C=O) groups excluding carboxylic acids is 1. The summed E-state index contributed by atoms with van der Waals surface area (Å²) in [6.07, 6.45) is 1.76. The number of rotatable bonds is 8. The summed E-state index contributed by atoms with van der Waals surface area (Å²) in [6.45, 7) is 4.93. The maximum atomic E-state index is 11.9. The van der Waals surface area contributed by atoms with Gasteiger partial charge in [0.2, 0.25) is 0 Å². The van der Waals surface area contributed by atoms with Crippen molar-refractivity contribution in [1.29, 1.82) is 0 Å². The molecule has 0 bridgehead atoms. The summed E-state index contributed by atoms with van der Waals surface area (Å²) in [4.78, 5) is 26.9. The highest BCUT2D eigenvalue weighted by molar-refractivity contribution is 5.94. The standard InChI is InChI=1S/C16H22N2O5/c1-11-13(16(20)21)3-4-14(18-11)15(19)17-6-2-7-22-9-12-5-8-23-10-12/h3-4,12H,2,5-10H2,1H3,(H,17,19)(H,20,21). The second kappa shape index (κ2) is 8.59. The summed E-state index contributed by atoms with van der Waals surface area (Å²) >= 11 is 0. The molecule has 0 radical (unpaired) electrons. The van der Waals surface area contributed by atoms with Gasteiger partial charge in [-0.1, -0.05) is 0 Å². The normalized spacial score (nSPS) is 17.2. The molecule has 1 saturated heterocycles. The Kier molecular flexibility index (Phi) is 6.49. The molecule has 23 heavy (non-hydrogen) atoms. The first kappa shape index (κ1) is 17.4. The molecule has 1 amide bonds. The minimum atomic E-state index is -1.05. The number of aromatic nitrogens is 1. The van der Waals surface area contributed by atoms with Crippen LogP contribution in [0.15, 0.2) is 12.1 Å². The van der Waals surface area contributed by atoms with Crippen LogP contribution in [-0.2, 0) is 9.47 Å². The van der Waals surface area contributed by atoms with Crippen molar-refractivity contribution < 1.29 is 24.2 Å². The molecular weight excluding hydrogens is 300 g/mol. The van der Waals surface area contributed by atoms with Crippen molar-refractivity contribution in [2.75, 3.05) is 33.0 Å². The zero-order valence-corrected chi connectivity index (χ0v) is 13.2. The number of carboxylic acids is 1. The van der Waals surface area contributed by atoms with Crippen molar-refractivity contribution in [3.05, 3.63) is 29.1 Å². The predicted octanol–water partition coefficient (Wildman–Crippen LogP) is 1.26. The lowest BCUT2D eigenvalue weighted by molar-refractivity contribution is 0.0694. The van der Waals surface area contributed by atoms with Crippen LogP contribution in [0, 0.1) is 12.8 Å². The lowest BCUT2D eigenvalue weighted by atomic mass is 10.1. The van der Waals surface area contributed by atoms with E-state index in [2.05, 4.69) is 10.3 Å². The predicted molar refractivity (Wildman–Crippen MR) is 82.6 cm³/mol. The van der Waals surface area contributed by atoms with Gasteiger partial charge in [-0.2, -0.15) is 0 Å². The fourth-order valence-electron chi connectivity index (χ4n) is 2.35. The van der Waals surface area contributed by atoms with Gasteiger partial charge >= 0.3 is 5.97 Å². The van der Waals surface area contributed by atoms with E-state index in [9.17, 15) is 9.59 Å². The summed E-state index contributed by atoms with van der Waals surface area (Å²) in [5.74, 6) is -0.870. The number of amides is 1. The molecule has 1 fully saturated rings. The lowest BCUT2D eigenvalue weighted by Gasteiger charge is -2.09. The van der Waals surface area contributed by atoms with E-state index in [0.717, 1.165) is 19.6 Å². The number of hydrogen-bond acceptors (Lipinski definition) is 5. The molecule has 1 atom stereocenters. The Morgan fingerprint density at radius 3 is 2.96 bits per heavy atom. The van der Waals surface area contributed by atoms with E-state index in [1.165, 1.54) is 12.1 Å². The van der Waals surface area contributed by atoms with Crippen LogP contribution in [0.2, 0.25) is 0 Å². The second-order valence-corrected chi connectivity index (χ2v) is 5.55. The Morgan fingerprint density at radius 2 is 2.30 bits per heavy atom. The number of carbonyl (C=O) groups is 2. The number of hydrogen-bond donors (Lipinski definition) is 2. The number of aryl methyl sites for hydroxylation is 1. The first-order chi connectivity index (χ1) is 11.1. The van der Waals surface area contributed by atoms with E-state index in [1.54, 1.807) is 6.92 Å². The molecule has 7 heteroatoms. The van der Waals surface area contributed by atoms with Gasteiger partial charge in [0.25, 0.3) is 5.91 Å². The van der Waals surface area contributed by atoms with Gasteiger partial charge in [-0.15, -0.1) is 0 Å². The molecule has 0 saturated carbocycles. The average Bonchev–Trinajstić information content (AvgIpc) is 3.03. The highest BCUT2D eigenvalue weighted by atomic mass is 16.5. The maximum Gasteiger partial charge on any atom is 0.337 e. The third-order valence-electron chi connectivity index (χ3n) is 3.68. The SMILES string of the molecule is Cc1nc(C(=O)NCCCOCC2CCOC2)ccc1C(=O)O. The molecule has 1 aliphatic rings. The number of pyridine rings is 1. The summed E-state index contributed by atoms with van der Waals surface area (Å²) in [5, 5.41) is 11.7. The van der Waals surface area contributed by atoms with Crippen LogP contribution in [-0.4, -0.2) is 54.9 Å². The first-order valence-electron chi connectivity index (χ1n) is 7.72. The summed E-state index contributed by atoms with van der Waals surface area (Å²) in [7, 11) is 0. The monoisotopic (exact) mass is 322 g/mol. The van der Waals surface area contributed by atoms with Gasteiger partial charge in [0.15, 0.2) is 0 Å². The van der Waals surface area contributed by atoms with Gasteiger partial charge in [-0.3, -0.25) is 4.79 Å². The minimum Gasteiger partial charge on any atom is -0.478 e. The van der Waals surface area contributed by atoms with Gasteiger partial charge in [0.05, 0.1) is 24.5 Å². The molecule has 7 nitrogen and oxygen atoms in total. The number of ether oxygens (including phenoxy) is 2. The highest BCUT2D eigenvalue weighted by Gasteiger charge is 2.15. The van der Waals surface area contributed by atoms with Crippen LogP contribution in [0.5, 0.6) is 0 Å². The molecule has 1 aromatic rings.